The lowest BCUT2D eigenvalue weighted by molar-refractivity contribution is 0.126. The number of hydrogen-bond acceptors (Lipinski definition) is 7. The van der Waals surface area contributed by atoms with Crippen LogP contribution < -0.4 is 16.0 Å². The van der Waals surface area contributed by atoms with E-state index in [4.69, 9.17) is 9.97 Å². The standard InChI is InChI=1S/C24H38N6O/c1-5-6-13-25-23-27-16-20(22(30-23)29-18-8-10-19(31)11-9-18)21-12-7-17(14-26-21)15-28-24(2,3)4/h7,12,14,16,18-19,28,31H,5-6,8-11,13,15H2,1-4H3,(H2,25,27,29,30). The highest BCUT2D eigenvalue weighted by Crippen LogP contribution is 2.29. The van der Waals surface area contributed by atoms with E-state index in [2.05, 4.69) is 54.7 Å². The first-order valence-electron chi connectivity index (χ1n) is 11.6. The molecule has 170 valence electrons. The summed E-state index contributed by atoms with van der Waals surface area (Å²) in [6, 6.07) is 4.45. The molecule has 7 heteroatoms. The molecule has 2 heterocycles. The van der Waals surface area contributed by atoms with Crippen LogP contribution in [-0.4, -0.2) is 44.3 Å². The Balaban J connectivity index is 1.78. The second kappa shape index (κ2) is 10.9. The van der Waals surface area contributed by atoms with E-state index in [0.29, 0.717) is 12.0 Å². The van der Waals surface area contributed by atoms with Crippen molar-refractivity contribution in [1.82, 2.24) is 20.3 Å². The smallest absolute Gasteiger partial charge is 0.224 e. The lowest BCUT2D eigenvalue weighted by Gasteiger charge is -2.27. The molecule has 31 heavy (non-hydrogen) atoms. The van der Waals surface area contributed by atoms with E-state index < -0.39 is 0 Å². The lowest BCUT2D eigenvalue weighted by atomic mass is 9.93. The predicted molar refractivity (Wildman–Crippen MR) is 127 cm³/mol. The maximum absolute atomic E-state index is 9.83. The molecular weight excluding hydrogens is 388 g/mol. The monoisotopic (exact) mass is 426 g/mol. The van der Waals surface area contributed by atoms with Gasteiger partial charge in [0.2, 0.25) is 5.95 Å². The minimum Gasteiger partial charge on any atom is -0.393 e. The molecule has 0 unspecified atom stereocenters. The van der Waals surface area contributed by atoms with Crippen molar-refractivity contribution in [3.8, 4) is 11.3 Å². The van der Waals surface area contributed by atoms with E-state index in [0.717, 1.165) is 74.3 Å². The van der Waals surface area contributed by atoms with Gasteiger partial charge in [0, 0.05) is 37.1 Å². The van der Waals surface area contributed by atoms with Crippen molar-refractivity contribution in [3.05, 3.63) is 30.1 Å². The molecule has 0 aliphatic heterocycles. The van der Waals surface area contributed by atoms with Gasteiger partial charge in [-0.3, -0.25) is 4.98 Å². The van der Waals surface area contributed by atoms with Crippen molar-refractivity contribution in [2.24, 2.45) is 0 Å². The van der Waals surface area contributed by atoms with Crippen LogP contribution >= 0.6 is 0 Å². The molecule has 0 saturated heterocycles. The Kier molecular flexibility index (Phi) is 8.21. The lowest BCUT2D eigenvalue weighted by Crippen LogP contribution is -2.35. The van der Waals surface area contributed by atoms with Crippen molar-refractivity contribution >= 4 is 11.8 Å². The number of nitrogens with zero attached hydrogens (tertiary/aromatic N) is 3. The zero-order valence-electron chi connectivity index (χ0n) is 19.4. The minimum absolute atomic E-state index is 0.0672. The average molecular weight is 427 g/mol. The largest absolute Gasteiger partial charge is 0.393 e. The summed E-state index contributed by atoms with van der Waals surface area (Å²) in [5.41, 5.74) is 2.98. The number of aliphatic hydroxyl groups excluding tert-OH is 1. The summed E-state index contributed by atoms with van der Waals surface area (Å²) in [6.45, 7) is 10.3. The summed E-state index contributed by atoms with van der Waals surface area (Å²) in [5.74, 6) is 1.45. The Morgan fingerprint density at radius 3 is 2.48 bits per heavy atom. The van der Waals surface area contributed by atoms with Crippen molar-refractivity contribution < 1.29 is 5.11 Å². The van der Waals surface area contributed by atoms with Gasteiger partial charge < -0.3 is 21.1 Å². The third-order valence-electron chi connectivity index (χ3n) is 5.56. The van der Waals surface area contributed by atoms with Gasteiger partial charge in [0.15, 0.2) is 0 Å². The Bertz CT molecular complexity index is 810. The van der Waals surface area contributed by atoms with Gasteiger partial charge in [0.25, 0.3) is 0 Å². The first-order chi connectivity index (χ1) is 14.8. The fourth-order valence-electron chi connectivity index (χ4n) is 3.61. The van der Waals surface area contributed by atoms with Gasteiger partial charge in [0.1, 0.15) is 5.82 Å². The molecule has 0 atom stereocenters. The SMILES string of the molecule is CCCCNc1ncc(-c2ccc(CNC(C)(C)C)cn2)c(NC2CCC(O)CC2)n1. The second-order valence-electron chi connectivity index (χ2n) is 9.54. The first-order valence-corrected chi connectivity index (χ1v) is 11.6. The topological polar surface area (TPSA) is 95.0 Å². The number of unbranched alkanes of at least 4 members (excludes halogenated alkanes) is 1. The van der Waals surface area contributed by atoms with E-state index in [1.807, 2.05) is 18.5 Å². The summed E-state index contributed by atoms with van der Waals surface area (Å²) >= 11 is 0. The van der Waals surface area contributed by atoms with Gasteiger partial charge in [0.05, 0.1) is 17.4 Å². The number of aromatic nitrogens is 3. The summed E-state index contributed by atoms with van der Waals surface area (Å²) in [7, 11) is 0. The van der Waals surface area contributed by atoms with Crippen LogP contribution in [0.5, 0.6) is 0 Å². The van der Waals surface area contributed by atoms with Gasteiger partial charge >= 0.3 is 0 Å². The van der Waals surface area contributed by atoms with Crippen LogP contribution in [0.1, 0.15) is 71.8 Å². The molecule has 0 spiro atoms. The predicted octanol–water partition coefficient (Wildman–Crippen LogP) is 4.35. The van der Waals surface area contributed by atoms with Crippen LogP contribution in [0, 0.1) is 0 Å². The number of nitrogens with one attached hydrogen (secondary N) is 3. The van der Waals surface area contributed by atoms with E-state index in [9.17, 15) is 5.11 Å². The molecule has 1 fully saturated rings. The van der Waals surface area contributed by atoms with Crippen LogP contribution in [-0.2, 0) is 6.54 Å². The molecule has 1 saturated carbocycles. The van der Waals surface area contributed by atoms with Crippen molar-refractivity contribution in [2.45, 2.75) is 90.4 Å². The van der Waals surface area contributed by atoms with Crippen molar-refractivity contribution in [2.75, 3.05) is 17.2 Å². The van der Waals surface area contributed by atoms with Crippen LogP contribution in [0.25, 0.3) is 11.3 Å². The van der Waals surface area contributed by atoms with E-state index in [1.54, 1.807) is 0 Å². The molecule has 1 aliphatic rings. The van der Waals surface area contributed by atoms with Crippen molar-refractivity contribution in [3.63, 3.8) is 0 Å². The summed E-state index contributed by atoms with van der Waals surface area (Å²) in [5, 5.41) is 20.2. The molecule has 4 N–H and O–H groups in total. The highest BCUT2D eigenvalue weighted by molar-refractivity contribution is 5.72. The number of aliphatic hydroxyl groups is 1. The highest BCUT2D eigenvalue weighted by atomic mass is 16.3. The van der Waals surface area contributed by atoms with Gasteiger partial charge in [-0.2, -0.15) is 4.98 Å². The first kappa shape index (κ1) is 23.4. The summed E-state index contributed by atoms with van der Waals surface area (Å²) in [4.78, 5) is 14.0. The molecule has 2 aromatic rings. The van der Waals surface area contributed by atoms with Gasteiger partial charge in [-0.15, -0.1) is 0 Å². The number of anilines is 2. The third kappa shape index (κ3) is 7.43. The molecule has 7 nitrogen and oxygen atoms in total. The summed E-state index contributed by atoms with van der Waals surface area (Å²) < 4.78 is 0. The maximum Gasteiger partial charge on any atom is 0.224 e. The number of rotatable bonds is 9. The summed E-state index contributed by atoms with van der Waals surface area (Å²) in [6.07, 6.45) is 9.34. The van der Waals surface area contributed by atoms with Gasteiger partial charge in [-0.1, -0.05) is 19.4 Å². The number of hydrogen-bond donors (Lipinski definition) is 4. The fourth-order valence-corrected chi connectivity index (χ4v) is 3.61. The molecule has 0 radical (unpaired) electrons. The Labute approximate surface area is 186 Å². The van der Waals surface area contributed by atoms with Gasteiger partial charge in [-0.05, 0) is 64.5 Å². The van der Waals surface area contributed by atoms with Crippen LogP contribution in [0.15, 0.2) is 24.5 Å². The second-order valence-corrected chi connectivity index (χ2v) is 9.54. The molecule has 0 amide bonds. The van der Waals surface area contributed by atoms with E-state index >= 15 is 0 Å². The Morgan fingerprint density at radius 2 is 1.84 bits per heavy atom. The van der Waals surface area contributed by atoms with E-state index in [-0.39, 0.29) is 11.6 Å². The maximum atomic E-state index is 9.83. The Hall–Kier alpha value is -2.25. The Morgan fingerprint density at radius 1 is 1.06 bits per heavy atom. The molecule has 2 aromatic heterocycles. The highest BCUT2D eigenvalue weighted by Gasteiger charge is 2.21. The molecular formula is C24H38N6O. The number of pyridine rings is 1. The molecule has 1 aliphatic carbocycles. The van der Waals surface area contributed by atoms with E-state index in [1.165, 1.54) is 0 Å². The quantitative estimate of drug-likeness (QED) is 0.443. The van der Waals surface area contributed by atoms with Gasteiger partial charge in [-0.25, -0.2) is 4.98 Å². The normalized spacial score (nSPS) is 19.3. The minimum atomic E-state index is -0.176. The van der Waals surface area contributed by atoms with Crippen LogP contribution in [0.4, 0.5) is 11.8 Å². The van der Waals surface area contributed by atoms with Crippen LogP contribution in [0.3, 0.4) is 0 Å². The molecule has 3 rings (SSSR count). The third-order valence-corrected chi connectivity index (χ3v) is 5.56. The zero-order valence-corrected chi connectivity index (χ0v) is 19.4. The molecule has 0 aromatic carbocycles. The van der Waals surface area contributed by atoms with Crippen LogP contribution in [0.2, 0.25) is 0 Å². The fraction of sp³-hybridized carbons (Fsp3) is 0.625. The molecule has 0 bridgehead atoms. The average Bonchev–Trinajstić information content (AvgIpc) is 2.74. The zero-order chi connectivity index (χ0) is 22.3. The van der Waals surface area contributed by atoms with Crippen molar-refractivity contribution in [1.29, 1.82) is 0 Å².